The first-order chi connectivity index (χ1) is 8.13. The third-order valence-corrected chi connectivity index (χ3v) is 2.96. The normalized spacial score (nSPS) is 12.6. The molecule has 2 aromatic rings. The average Bonchev–Trinajstić information content (AvgIpc) is 2.79. The lowest BCUT2D eigenvalue weighted by molar-refractivity contribution is 0.0718. The number of fused-ring (bicyclic) bond motifs is 1. The molecule has 0 bridgehead atoms. The van der Waals surface area contributed by atoms with Gasteiger partial charge in [-0.05, 0) is 19.1 Å². The van der Waals surface area contributed by atoms with E-state index in [0.29, 0.717) is 12.3 Å². The summed E-state index contributed by atoms with van der Waals surface area (Å²) in [5, 5.41) is 0.935. The van der Waals surface area contributed by atoms with Crippen molar-refractivity contribution in [2.24, 2.45) is 5.73 Å². The predicted molar refractivity (Wildman–Crippen MR) is 66.8 cm³/mol. The van der Waals surface area contributed by atoms with Crippen molar-refractivity contribution in [2.75, 3.05) is 13.6 Å². The zero-order valence-corrected chi connectivity index (χ0v) is 10.0. The standard InChI is InChI=1S/C13H16N2O2/c1-9(8-14)15(2)13(16)12-7-10-5-3-4-6-11(10)17-12/h3-7,9H,8,14H2,1-2H3. The van der Waals surface area contributed by atoms with E-state index in [1.165, 1.54) is 0 Å². The number of furan rings is 1. The van der Waals surface area contributed by atoms with Gasteiger partial charge in [0, 0.05) is 25.0 Å². The Labute approximate surface area is 100.0 Å². The van der Waals surface area contributed by atoms with Crippen LogP contribution < -0.4 is 5.73 Å². The van der Waals surface area contributed by atoms with Gasteiger partial charge in [-0.2, -0.15) is 0 Å². The van der Waals surface area contributed by atoms with Crippen LogP contribution in [-0.2, 0) is 0 Å². The van der Waals surface area contributed by atoms with Crippen LogP contribution in [0.1, 0.15) is 17.5 Å². The van der Waals surface area contributed by atoms with Crippen molar-refractivity contribution in [3.8, 4) is 0 Å². The molecule has 1 amide bonds. The molecular weight excluding hydrogens is 216 g/mol. The minimum absolute atomic E-state index is 0.00397. The summed E-state index contributed by atoms with van der Waals surface area (Å²) in [6, 6.07) is 9.32. The number of nitrogens with two attached hydrogens (primary N) is 1. The van der Waals surface area contributed by atoms with E-state index in [1.807, 2.05) is 31.2 Å². The number of carbonyl (C=O) groups excluding carboxylic acids is 1. The fraction of sp³-hybridized carbons (Fsp3) is 0.308. The maximum atomic E-state index is 12.1. The van der Waals surface area contributed by atoms with Crippen LogP contribution in [0.4, 0.5) is 0 Å². The van der Waals surface area contributed by atoms with Crippen LogP contribution in [0.15, 0.2) is 34.7 Å². The van der Waals surface area contributed by atoms with Crippen molar-refractivity contribution in [1.82, 2.24) is 4.90 Å². The van der Waals surface area contributed by atoms with Crippen LogP contribution in [-0.4, -0.2) is 30.4 Å². The van der Waals surface area contributed by atoms with Crippen molar-refractivity contribution in [2.45, 2.75) is 13.0 Å². The Kier molecular flexibility index (Phi) is 3.15. The second kappa shape index (κ2) is 4.59. The van der Waals surface area contributed by atoms with Crippen LogP contribution in [0.5, 0.6) is 0 Å². The zero-order chi connectivity index (χ0) is 12.4. The molecule has 0 aliphatic heterocycles. The molecule has 0 saturated heterocycles. The van der Waals surface area contributed by atoms with Crippen molar-refractivity contribution >= 4 is 16.9 Å². The van der Waals surface area contributed by atoms with Crippen LogP contribution in [0.3, 0.4) is 0 Å². The molecule has 0 radical (unpaired) electrons. The van der Waals surface area contributed by atoms with E-state index in [9.17, 15) is 4.79 Å². The lowest BCUT2D eigenvalue weighted by atomic mass is 10.2. The highest BCUT2D eigenvalue weighted by Gasteiger charge is 2.19. The smallest absolute Gasteiger partial charge is 0.289 e. The second-order valence-corrected chi connectivity index (χ2v) is 4.15. The topological polar surface area (TPSA) is 59.5 Å². The summed E-state index contributed by atoms with van der Waals surface area (Å²) in [6.07, 6.45) is 0. The first-order valence-corrected chi connectivity index (χ1v) is 5.59. The Bertz CT molecular complexity index is 500. The monoisotopic (exact) mass is 232 g/mol. The van der Waals surface area contributed by atoms with Crippen LogP contribution in [0.25, 0.3) is 11.0 Å². The van der Waals surface area contributed by atoms with E-state index in [0.717, 1.165) is 11.0 Å². The van der Waals surface area contributed by atoms with E-state index in [4.69, 9.17) is 10.2 Å². The molecule has 0 fully saturated rings. The molecule has 1 aromatic heterocycles. The highest BCUT2D eigenvalue weighted by molar-refractivity contribution is 5.96. The fourth-order valence-electron chi connectivity index (χ4n) is 1.62. The Balaban J connectivity index is 2.30. The maximum Gasteiger partial charge on any atom is 0.289 e. The first kappa shape index (κ1) is 11.7. The molecule has 1 heterocycles. The third kappa shape index (κ3) is 2.17. The van der Waals surface area contributed by atoms with Gasteiger partial charge in [-0.3, -0.25) is 4.79 Å². The average molecular weight is 232 g/mol. The quantitative estimate of drug-likeness (QED) is 0.878. The molecule has 0 saturated carbocycles. The van der Waals surface area contributed by atoms with Gasteiger partial charge in [0.2, 0.25) is 0 Å². The summed E-state index contributed by atoms with van der Waals surface area (Å²) in [5.41, 5.74) is 6.27. The third-order valence-electron chi connectivity index (χ3n) is 2.96. The summed E-state index contributed by atoms with van der Waals surface area (Å²) in [5.74, 6) is 0.216. The number of para-hydroxylation sites is 1. The number of rotatable bonds is 3. The van der Waals surface area contributed by atoms with Gasteiger partial charge in [-0.1, -0.05) is 18.2 Å². The number of hydrogen-bond acceptors (Lipinski definition) is 3. The van der Waals surface area contributed by atoms with Crippen molar-refractivity contribution < 1.29 is 9.21 Å². The van der Waals surface area contributed by atoms with Gasteiger partial charge >= 0.3 is 0 Å². The van der Waals surface area contributed by atoms with Crippen LogP contribution in [0.2, 0.25) is 0 Å². The van der Waals surface area contributed by atoms with E-state index in [2.05, 4.69) is 0 Å². The highest BCUT2D eigenvalue weighted by Crippen LogP contribution is 2.20. The summed E-state index contributed by atoms with van der Waals surface area (Å²) in [7, 11) is 1.73. The van der Waals surface area contributed by atoms with Gasteiger partial charge < -0.3 is 15.1 Å². The number of benzene rings is 1. The molecule has 17 heavy (non-hydrogen) atoms. The molecular formula is C13H16N2O2. The number of likely N-dealkylation sites (N-methyl/N-ethyl adjacent to an activating group) is 1. The molecule has 2 rings (SSSR count). The Morgan fingerprint density at radius 1 is 1.47 bits per heavy atom. The molecule has 4 heteroatoms. The van der Waals surface area contributed by atoms with E-state index in [-0.39, 0.29) is 11.9 Å². The molecule has 2 N–H and O–H groups in total. The van der Waals surface area contributed by atoms with Gasteiger partial charge in [0.15, 0.2) is 5.76 Å². The molecule has 4 nitrogen and oxygen atoms in total. The number of nitrogens with zero attached hydrogens (tertiary/aromatic N) is 1. The molecule has 1 aromatic carbocycles. The first-order valence-electron chi connectivity index (χ1n) is 5.59. The number of hydrogen-bond donors (Lipinski definition) is 1. The minimum atomic E-state index is -0.140. The van der Waals surface area contributed by atoms with Crippen LogP contribution >= 0.6 is 0 Å². The van der Waals surface area contributed by atoms with Crippen molar-refractivity contribution in [1.29, 1.82) is 0 Å². The lowest BCUT2D eigenvalue weighted by Crippen LogP contribution is -2.39. The molecule has 0 aliphatic carbocycles. The fourth-order valence-corrected chi connectivity index (χ4v) is 1.62. The molecule has 0 spiro atoms. The Morgan fingerprint density at radius 3 is 2.82 bits per heavy atom. The van der Waals surface area contributed by atoms with Gasteiger partial charge in [0.25, 0.3) is 5.91 Å². The molecule has 90 valence electrons. The molecule has 1 atom stereocenters. The number of carbonyl (C=O) groups is 1. The summed E-state index contributed by atoms with van der Waals surface area (Å²) in [4.78, 5) is 13.7. The van der Waals surface area contributed by atoms with E-state index < -0.39 is 0 Å². The van der Waals surface area contributed by atoms with Crippen LogP contribution in [0, 0.1) is 0 Å². The maximum absolute atomic E-state index is 12.1. The Hall–Kier alpha value is -1.81. The summed E-state index contributed by atoms with van der Waals surface area (Å²) >= 11 is 0. The SMILES string of the molecule is CC(CN)N(C)C(=O)c1cc2ccccc2o1. The minimum Gasteiger partial charge on any atom is -0.451 e. The lowest BCUT2D eigenvalue weighted by Gasteiger charge is -2.22. The second-order valence-electron chi connectivity index (χ2n) is 4.15. The summed E-state index contributed by atoms with van der Waals surface area (Å²) < 4.78 is 5.51. The summed E-state index contributed by atoms with van der Waals surface area (Å²) in [6.45, 7) is 2.34. The highest BCUT2D eigenvalue weighted by atomic mass is 16.3. The van der Waals surface area contributed by atoms with Crippen molar-refractivity contribution in [3.05, 3.63) is 36.1 Å². The predicted octanol–water partition coefficient (Wildman–Crippen LogP) is 1.85. The molecule has 0 aliphatic rings. The van der Waals surface area contributed by atoms with Gasteiger partial charge in [0.05, 0.1) is 0 Å². The molecule has 1 unspecified atom stereocenters. The van der Waals surface area contributed by atoms with Gasteiger partial charge in [-0.25, -0.2) is 0 Å². The van der Waals surface area contributed by atoms with E-state index in [1.54, 1.807) is 18.0 Å². The van der Waals surface area contributed by atoms with Crippen molar-refractivity contribution in [3.63, 3.8) is 0 Å². The van der Waals surface area contributed by atoms with E-state index >= 15 is 0 Å². The zero-order valence-electron chi connectivity index (χ0n) is 10.0. The largest absolute Gasteiger partial charge is 0.451 e. The Morgan fingerprint density at radius 2 is 2.18 bits per heavy atom. The van der Waals surface area contributed by atoms with Gasteiger partial charge in [-0.15, -0.1) is 0 Å². The number of amides is 1. The van der Waals surface area contributed by atoms with Gasteiger partial charge in [0.1, 0.15) is 5.58 Å².